The van der Waals surface area contributed by atoms with Crippen LogP contribution in [0.1, 0.15) is 22.3 Å². The molecule has 2 N–H and O–H groups in total. The van der Waals surface area contributed by atoms with Crippen LogP contribution in [0.15, 0.2) is 42.5 Å². The molecule has 2 aromatic rings. The Morgan fingerprint density at radius 2 is 1.88 bits per heavy atom. The Hall–Kier alpha value is -2.86. The molecule has 0 saturated carbocycles. The van der Waals surface area contributed by atoms with Crippen LogP contribution in [0.3, 0.4) is 0 Å². The fourth-order valence-electron chi connectivity index (χ4n) is 3.03. The van der Waals surface area contributed by atoms with Crippen LogP contribution in [-0.2, 0) is 10.4 Å². The normalized spacial score (nSPS) is 21.1. The third kappa shape index (κ3) is 2.23. The van der Waals surface area contributed by atoms with E-state index in [4.69, 9.17) is 9.47 Å². The van der Waals surface area contributed by atoms with Crippen LogP contribution in [0.2, 0.25) is 0 Å². The number of amides is 1. The zero-order valence-corrected chi connectivity index (χ0v) is 12.7. The van der Waals surface area contributed by atoms with Gasteiger partial charge in [-0.1, -0.05) is 18.2 Å². The van der Waals surface area contributed by atoms with Crippen LogP contribution < -0.4 is 14.8 Å². The minimum atomic E-state index is -1.86. The summed E-state index contributed by atoms with van der Waals surface area (Å²) < 4.78 is 10.9. The largest absolute Gasteiger partial charge is 0.486 e. The second-order valence-corrected chi connectivity index (χ2v) is 5.82. The number of hydrogen-bond acceptors (Lipinski definition) is 5. The Bertz CT molecular complexity index is 847. The first-order valence-electron chi connectivity index (χ1n) is 7.64. The molecular formula is C18H15NO5. The number of Topliss-reactive ketones (excluding diaryl/α,β-unsaturated/α-hetero) is 1. The van der Waals surface area contributed by atoms with Crippen molar-refractivity contribution in [3.63, 3.8) is 0 Å². The molecule has 24 heavy (non-hydrogen) atoms. The highest BCUT2D eigenvalue weighted by Crippen LogP contribution is 2.39. The summed E-state index contributed by atoms with van der Waals surface area (Å²) in [6.45, 7) is 0.890. The molecule has 0 aromatic heterocycles. The Morgan fingerprint density at radius 1 is 1.12 bits per heavy atom. The van der Waals surface area contributed by atoms with E-state index in [1.165, 1.54) is 0 Å². The van der Waals surface area contributed by atoms with Crippen molar-refractivity contribution in [3.05, 3.63) is 53.6 Å². The molecule has 0 radical (unpaired) electrons. The number of aliphatic hydroxyl groups is 1. The van der Waals surface area contributed by atoms with Crippen LogP contribution in [-0.4, -0.2) is 30.0 Å². The van der Waals surface area contributed by atoms with E-state index < -0.39 is 11.5 Å². The molecular weight excluding hydrogens is 310 g/mol. The Labute approximate surface area is 138 Å². The number of ether oxygens (including phenoxy) is 2. The average Bonchev–Trinajstić information content (AvgIpc) is 2.85. The molecule has 2 aliphatic rings. The molecule has 0 spiro atoms. The van der Waals surface area contributed by atoms with Gasteiger partial charge in [0.15, 0.2) is 22.9 Å². The van der Waals surface area contributed by atoms with E-state index >= 15 is 0 Å². The monoisotopic (exact) mass is 325 g/mol. The lowest BCUT2D eigenvalue weighted by molar-refractivity contribution is -0.133. The van der Waals surface area contributed by atoms with Crippen LogP contribution in [0.5, 0.6) is 11.5 Å². The number of carbonyl (C=O) groups excluding carboxylic acids is 2. The van der Waals surface area contributed by atoms with Crippen molar-refractivity contribution in [1.82, 2.24) is 0 Å². The van der Waals surface area contributed by atoms with Gasteiger partial charge >= 0.3 is 0 Å². The molecule has 1 atom stereocenters. The lowest BCUT2D eigenvalue weighted by atomic mass is 9.88. The fourth-order valence-corrected chi connectivity index (χ4v) is 3.03. The standard InChI is InChI=1S/C18H15NO5/c20-14(11-5-6-15-16(9-11)24-8-7-23-15)10-18(22)12-3-1-2-4-13(12)19-17(18)21/h1-6,9,22H,7-8,10H2,(H,19,21)/t18-/m1/s1. The number of anilines is 1. The van der Waals surface area contributed by atoms with Crippen LogP contribution in [0.4, 0.5) is 5.69 Å². The zero-order chi connectivity index (χ0) is 16.7. The highest BCUT2D eigenvalue weighted by molar-refractivity contribution is 6.09. The van der Waals surface area contributed by atoms with Gasteiger partial charge < -0.3 is 19.9 Å². The van der Waals surface area contributed by atoms with Crippen molar-refractivity contribution in [1.29, 1.82) is 0 Å². The number of carbonyl (C=O) groups is 2. The highest BCUT2D eigenvalue weighted by Gasteiger charge is 2.46. The van der Waals surface area contributed by atoms with Crippen LogP contribution in [0, 0.1) is 0 Å². The van der Waals surface area contributed by atoms with Gasteiger partial charge in [0.2, 0.25) is 0 Å². The summed E-state index contributed by atoms with van der Waals surface area (Å²) in [5.41, 5.74) is -0.549. The Morgan fingerprint density at radius 3 is 2.71 bits per heavy atom. The summed E-state index contributed by atoms with van der Waals surface area (Å²) in [5, 5.41) is 13.4. The lowest BCUT2D eigenvalue weighted by Crippen LogP contribution is -2.36. The molecule has 2 aliphatic heterocycles. The summed E-state index contributed by atoms with van der Waals surface area (Å²) >= 11 is 0. The van der Waals surface area contributed by atoms with Crippen molar-refractivity contribution in [2.75, 3.05) is 18.5 Å². The third-order valence-corrected chi connectivity index (χ3v) is 4.28. The van der Waals surface area contributed by atoms with E-state index in [1.54, 1.807) is 42.5 Å². The second kappa shape index (κ2) is 5.35. The van der Waals surface area contributed by atoms with E-state index in [2.05, 4.69) is 5.32 Å². The van der Waals surface area contributed by atoms with Gasteiger partial charge in [-0.05, 0) is 24.3 Å². The van der Waals surface area contributed by atoms with Gasteiger partial charge in [0, 0.05) is 16.8 Å². The van der Waals surface area contributed by atoms with Crippen molar-refractivity contribution in [2.45, 2.75) is 12.0 Å². The van der Waals surface area contributed by atoms with E-state index in [1.807, 2.05) is 0 Å². The van der Waals surface area contributed by atoms with Gasteiger partial charge in [-0.15, -0.1) is 0 Å². The van der Waals surface area contributed by atoms with Gasteiger partial charge in [-0.25, -0.2) is 0 Å². The lowest BCUT2D eigenvalue weighted by Gasteiger charge is -2.21. The van der Waals surface area contributed by atoms with Crippen LogP contribution >= 0.6 is 0 Å². The first-order valence-corrected chi connectivity index (χ1v) is 7.64. The summed E-state index contributed by atoms with van der Waals surface area (Å²) in [4.78, 5) is 24.8. The van der Waals surface area contributed by atoms with Crippen LogP contribution in [0.25, 0.3) is 0 Å². The number of nitrogens with one attached hydrogen (secondary N) is 1. The molecule has 6 heteroatoms. The minimum Gasteiger partial charge on any atom is -0.486 e. The maximum absolute atomic E-state index is 12.6. The number of hydrogen-bond donors (Lipinski definition) is 2. The number of fused-ring (bicyclic) bond motifs is 2. The fraction of sp³-hybridized carbons (Fsp3) is 0.222. The smallest absolute Gasteiger partial charge is 0.261 e. The molecule has 1 amide bonds. The highest BCUT2D eigenvalue weighted by atomic mass is 16.6. The van der Waals surface area contributed by atoms with Gasteiger partial charge in [-0.2, -0.15) is 0 Å². The molecule has 0 saturated heterocycles. The van der Waals surface area contributed by atoms with E-state index in [0.717, 1.165) is 0 Å². The van der Waals surface area contributed by atoms with Crippen molar-refractivity contribution in [3.8, 4) is 11.5 Å². The summed E-state index contributed by atoms with van der Waals surface area (Å²) in [6, 6.07) is 11.7. The first-order chi connectivity index (χ1) is 11.6. The first kappa shape index (κ1) is 14.7. The van der Waals surface area contributed by atoms with Gasteiger partial charge in [-0.3, -0.25) is 9.59 Å². The van der Waals surface area contributed by atoms with Gasteiger partial charge in [0.05, 0.1) is 6.42 Å². The molecule has 0 unspecified atom stereocenters. The summed E-state index contributed by atoms with van der Waals surface area (Å²) in [7, 11) is 0. The molecule has 2 aromatic carbocycles. The molecule has 0 aliphatic carbocycles. The maximum Gasteiger partial charge on any atom is 0.261 e. The van der Waals surface area contributed by atoms with E-state index in [0.29, 0.717) is 41.5 Å². The minimum absolute atomic E-state index is 0.338. The van der Waals surface area contributed by atoms with Gasteiger partial charge in [0.25, 0.3) is 5.91 Å². The van der Waals surface area contributed by atoms with Crippen molar-refractivity contribution in [2.24, 2.45) is 0 Å². The van der Waals surface area contributed by atoms with E-state index in [-0.39, 0.29) is 12.2 Å². The molecule has 0 fully saturated rings. The molecule has 4 rings (SSSR count). The molecule has 2 heterocycles. The average molecular weight is 325 g/mol. The maximum atomic E-state index is 12.6. The van der Waals surface area contributed by atoms with Gasteiger partial charge in [0.1, 0.15) is 13.2 Å². The SMILES string of the molecule is O=C(C[C@]1(O)C(=O)Nc2ccccc21)c1ccc2c(c1)OCCO2. The number of ketones is 1. The molecule has 122 valence electrons. The summed E-state index contributed by atoms with van der Waals surface area (Å²) in [6.07, 6.45) is -0.338. The van der Waals surface area contributed by atoms with E-state index in [9.17, 15) is 14.7 Å². The number of rotatable bonds is 3. The predicted octanol–water partition coefficient (Wildman–Crippen LogP) is 1.87. The van der Waals surface area contributed by atoms with Crippen molar-refractivity contribution >= 4 is 17.4 Å². The topological polar surface area (TPSA) is 84.9 Å². The van der Waals surface area contributed by atoms with Crippen molar-refractivity contribution < 1.29 is 24.2 Å². The Balaban J connectivity index is 1.63. The second-order valence-electron chi connectivity index (χ2n) is 5.82. The number of benzene rings is 2. The Kier molecular flexibility index (Phi) is 3.28. The zero-order valence-electron chi connectivity index (χ0n) is 12.7. The quantitative estimate of drug-likeness (QED) is 0.842. The predicted molar refractivity (Wildman–Crippen MR) is 85.3 cm³/mol. The summed E-state index contributed by atoms with van der Waals surface area (Å²) in [5.74, 6) is 0.145. The molecule has 0 bridgehead atoms. The third-order valence-electron chi connectivity index (χ3n) is 4.28. The molecule has 6 nitrogen and oxygen atoms in total. The number of para-hydroxylation sites is 1.